The Bertz CT molecular complexity index is 393. The highest BCUT2D eigenvalue weighted by atomic mass is 16.5. The lowest BCUT2D eigenvalue weighted by molar-refractivity contribution is -0.117. The van der Waals surface area contributed by atoms with Crippen LogP contribution in [-0.2, 0) is 4.79 Å². The highest BCUT2D eigenvalue weighted by Crippen LogP contribution is 2.28. The van der Waals surface area contributed by atoms with Gasteiger partial charge in [0.05, 0.1) is 25.9 Å². The number of nitrogens with two attached hydrogens (primary N) is 1. The van der Waals surface area contributed by atoms with Crippen molar-refractivity contribution in [3.63, 3.8) is 0 Å². The maximum atomic E-state index is 11.6. The van der Waals surface area contributed by atoms with Gasteiger partial charge in [0.2, 0.25) is 5.91 Å². The molecule has 3 N–H and O–H groups in total. The number of hydrogen-bond donors (Lipinski definition) is 2. The summed E-state index contributed by atoms with van der Waals surface area (Å²) in [4.78, 5) is 11.6. The Labute approximate surface area is 101 Å². The zero-order valence-corrected chi connectivity index (χ0v) is 10.3. The van der Waals surface area contributed by atoms with Crippen molar-refractivity contribution in [1.29, 1.82) is 0 Å². The molecule has 0 aliphatic carbocycles. The summed E-state index contributed by atoms with van der Waals surface area (Å²) in [6.45, 7) is 1.86. The quantitative estimate of drug-likeness (QED) is 0.812. The molecule has 0 bridgehead atoms. The smallest absolute Gasteiger partial charge is 0.241 e. The monoisotopic (exact) mass is 238 g/mol. The van der Waals surface area contributed by atoms with Crippen molar-refractivity contribution >= 4 is 11.6 Å². The number of hydrogen-bond acceptors (Lipinski definition) is 4. The third kappa shape index (κ3) is 3.35. The number of amides is 1. The van der Waals surface area contributed by atoms with Crippen molar-refractivity contribution in [2.24, 2.45) is 5.73 Å². The minimum Gasteiger partial charge on any atom is -0.497 e. The molecule has 5 heteroatoms. The molecule has 1 rings (SSSR count). The minimum atomic E-state index is -0.512. The van der Waals surface area contributed by atoms with Crippen LogP contribution in [0.1, 0.15) is 13.3 Å². The summed E-state index contributed by atoms with van der Waals surface area (Å²) in [7, 11) is 3.10. The van der Waals surface area contributed by atoms with Crippen molar-refractivity contribution in [2.75, 3.05) is 19.5 Å². The van der Waals surface area contributed by atoms with E-state index < -0.39 is 6.04 Å². The maximum absolute atomic E-state index is 11.6. The second-order valence-corrected chi connectivity index (χ2v) is 3.57. The normalized spacial score (nSPS) is 11.8. The van der Waals surface area contributed by atoms with Crippen LogP contribution in [0.4, 0.5) is 5.69 Å². The van der Waals surface area contributed by atoms with Crippen molar-refractivity contribution in [2.45, 2.75) is 19.4 Å². The van der Waals surface area contributed by atoms with Crippen LogP contribution in [0.25, 0.3) is 0 Å². The molecule has 1 aromatic rings. The molecule has 17 heavy (non-hydrogen) atoms. The predicted octanol–water partition coefficient (Wildman–Crippen LogP) is 1.38. The standard InChI is InChI=1S/C12H18N2O3/c1-4-9(13)12(15)14-10-6-5-8(16-2)7-11(10)17-3/h5-7,9H,4,13H2,1-3H3,(H,14,15). The summed E-state index contributed by atoms with van der Waals surface area (Å²) in [5.41, 5.74) is 6.22. The van der Waals surface area contributed by atoms with E-state index in [0.29, 0.717) is 23.6 Å². The number of nitrogens with one attached hydrogen (secondary N) is 1. The second-order valence-electron chi connectivity index (χ2n) is 3.57. The largest absolute Gasteiger partial charge is 0.497 e. The van der Waals surface area contributed by atoms with E-state index in [0.717, 1.165) is 0 Å². The summed E-state index contributed by atoms with van der Waals surface area (Å²) < 4.78 is 10.2. The molecule has 0 heterocycles. The average Bonchev–Trinajstić information content (AvgIpc) is 2.37. The lowest BCUT2D eigenvalue weighted by Gasteiger charge is -2.13. The van der Waals surface area contributed by atoms with Gasteiger partial charge in [0.15, 0.2) is 0 Å². The number of carbonyl (C=O) groups is 1. The number of carbonyl (C=O) groups excluding carboxylic acids is 1. The fourth-order valence-corrected chi connectivity index (χ4v) is 1.31. The summed E-state index contributed by atoms with van der Waals surface area (Å²) in [5, 5.41) is 2.72. The van der Waals surface area contributed by atoms with E-state index in [1.54, 1.807) is 25.3 Å². The lowest BCUT2D eigenvalue weighted by atomic mass is 10.2. The third-order valence-corrected chi connectivity index (χ3v) is 2.44. The van der Waals surface area contributed by atoms with Gasteiger partial charge >= 0.3 is 0 Å². The van der Waals surface area contributed by atoms with Crippen LogP contribution >= 0.6 is 0 Å². The molecule has 0 fully saturated rings. The molecule has 0 saturated carbocycles. The van der Waals surface area contributed by atoms with Crippen molar-refractivity contribution in [3.8, 4) is 11.5 Å². The highest BCUT2D eigenvalue weighted by Gasteiger charge is 2.13. The molecular formula is C12H18N2O3. The van der Waals surface area contributed by atoms with Gasteiger partial charge in [-0.05, 0) is 18.6 Å². The molecule has 0 radical (unpaired) electrons. The second kappa shape index (κ2) is 6.10. The van der Waals surface area contributed by atoms with Crippen LogP contribution < -0.4 is 20.5 Å². The molecule has 1 aromatic carbocycles. The molecule has 0 saturated heterocycles. The van der Waals surface area contributed by atoms with Gasteiger partial charge in [-0.2, -0.15) is 0 Å². The van der Waals surface area contributed by atoms with Gasteiger partial charge in [-0.25, -0.2) is 0 Å². The number of anilines is 1. The number of ether oxygens (including phenoxy) is 2. The molecule has 0 aromatic heterocycles. The summed E-state index contributed by atoms with van der Waals surface area (Å²) in [5.74, 6) is 0.983. The van der Waals surface area contributed by atoms with E-state index in [1.807, 2.05) is 6.92 Å². The van der Waals surface area contributed by atoms with Gasteiger partial charge < -0.3 is 20.5 Å². The van der Waals surface area contributed by atoms with Crippen LogP contribution in [0.15, 0.2) is 18.2 Å². The Kier molecular flexibility index (Phi) is 4.78. The molecule has 1 amide bonds. The van der Waals surface area contributed by atoms with Gasteiger partial charge in [0, 0.05) is 6.07 Å². The topological polar surface area (TPSA) is 73.6 Å². The highest BCUT2D eigenvalue weighted by molar-refractivity contribution is 5.96. The van der Waals surface area contributed by atoms with E-state index >= 15 is 0 Å². The van der Waals surface area contributed by atoms with Crippen molar-refractivity contribution in [1.82, 2.24) is 0 Å². The molecule has 1 unspecified atom stereocenters. The van der Waals surface area contributed by atoms with E-state index in [1.165, 1.54) is 7.11 Å². The van der Waals surface area contributed by atoms with Gasteiger partial charge in [-0.15, -0.1) is 0 Å². The Morgan fingerprint density at radius 1 is 1.41 bits per heavy atom. The van der Waals surface area contributed by atoms with Crippen LogP contribution in [-0.4, -0.2) is 26.2 Å². The fraction of sp³-hybridized carbons (Fsp3) is 0.417. The molecular weight excluding hydrogens is 220 g/mol. The summed E-state index contributed by atoms with van der Waals surface area (Å²) >= 11 is 0. The van der Waals surface area contributed by atoms with Gasteiger partial charge in [-0.1, -0.05) is 6.92 Å². The van der Waals surface area contributed by atoms with Crippen LogP contribution in [0.3, 0.4) is 0 Å². The minimum absolute atomic E-state index is 0.226. The first kappa shape index (κ1) is 13.3. The third-order valence-electron chi connectivity index (χ3n) is 2.44. The van der Waals surface area contributed by atoms with E-state index in [9.17, 15) is 4.79 Å². The summed E-state index contributed by atoms with van der Waals surface area (Å²) in [6.07, 6.45) is 0.588. The SMILES string of the molecule is CCC(N)C(=O)Nc1ccc(OC)cc1OC. The molecule has 0 spiro atoms. The average molecular weight is 238 g/mol. The predicted molar refractivity (Wildman–Crippen MR) is 66.4 cm³/mol. The first-order valence-electron chi connectivity index (χ1n) is 5.40. The van der Waals surface area contributed by atoms with E-state index in [2.05, 4.69) is 5.32 Å². The maximum Gasteiger partial charge on any atom is 0.241 e. The van der Waals surface area contributed by atoms with Crippen LogP contribution in [0, 0.1) is 0 Å². The number of methoxy groups -OCH3 is 2. The Balaban J connectivity index is 2.87. The van der Waals surface area contributed by atoms with Gasteiger partial charge in [0.1, 0.15) is 11.5 Å². The number of rotatable bonds is 5. The molecule has 94 valence electrons. The molecule has 5 nitrogen and oxygen atoms in total. The van der Waals surface area contributed by atoms with Crippen molar-refractivity contribution in [3.05, 3.63) is 18.2 Å². The Morgan fingerprint density at radius 3 is 2.65 bits per heavy atom. The molecule has 0 aliphatic heterocycles. The molecule has 1 atom stereocenters. The van der Waals surface area contributed by atoms with Crippen LogP contribution in [0.2, 0.25) is 0 Å². The fourth-order valence-electron chi connectivity index (χ4n) is 1.31. The number of benzene rings is 1. The lowest BCUT2D eigenvalue weighted by Crippen LogP contribution is -2.34. The van der Waals surface area contributed by atoms with Crippen molar-refractivity contribution < 1.29 is 14.3 Å². The van der Waals surface area contributed by atoms with Gasteiger partial charge in [0.25, 0.3) is 0 Å². The Hall–Kier alpha value is -1.75. The van der Waals surface area contributed by atoms with Crippen LogP contribution in [0.5, 0.6) is 11.5 Å². The zero-order valence-electron chi connectivity index (χ0n) is 10.3. The Morgan fingerprint density at radius 2 is 2.12 bits per heavy atom. The van der Waals surface area contributed by atoms with E-state index in [-0.39, 0.29) is 5.91 Å². The zero-order chi connectivity index (χ0) is 12.8. The first-order valence-corrected chi connectivity index (χ1v) is 5.40. The molecule has 0 aliphatic rings. The van der Waals surface area contributed by atoms with Gasteiger partial charge in [-0.3, -0.25) is 4.79 Å². The summed E-state index contributed by atoms with van der Waals surface area (Å²) in [6, 6.07) is 4.66. The van der Waals surface area contributed by atoms with E-state index in [4.69, 9.17) is 15.2 Å². The first-order chi connectivity index (χ1) is 8.12.